The van der Waals surface area contributed by atoms with E-state index in [1.165, 1.54) is 56.8 Å². The van der Waals surface area contributed by atoms with Crippen LogP contribution >= 0.6 is 0 Å². The zero-order chi connectivity index (χ0) is 25.4. The van der Waals surface area contributed by atoms with Crippen LogP contribution < -0.4 is 19.2 Å². The van der Waals surface area contributed by atoms with Gasteiger partial charge in [0.2, 0.25) is 0 Å². The summed E-state index contributed by atoms with van der Waals surface area (Å²) in [7, 11) is -1.42. The van der Waals surface area contributed by atoms with E-state index in [-0.39, 0.29) is 27.8 Å². The van der Waals surface area contributed by atoms with Crippen LogP contribution in [0.2, 0.25) is 0 Å². The van der Waals surface area contributed by atoms with Crippen LogP contribution in [0.5, 0.6) is 11.5 Å². The van der Waals surface area contributed by atoms with E-state index in [0.29, 0.717) is 5.56 Å². The Bertz CT molecular complexity index is 1340. The first-order valence-electron chi connectivity index (χ1n) is 10.1. The number of para-hydroxylation sites is 2. The molecule has 0 saturated heterocycles. The molecule has 0 aliphatic rings. The van der Waals surface area contributed by atoms with Crippen molar-refractivity contribution < 1.29 is 27.6 Å². The molecule has 0 aliphatic carbocycles. The summed E-state index contributed by atoms with van der Waals surface area (Å²) >= 11 is 0. The van der Waals surface area contributed by atoms with Gasteiger partial charge in [-0.15, -0.1) is 0 Å². The maximum Gasteiger partial charge on any atom is 0.311 e. The Morgan fingerprint density at radius 1 is 1.03 bits per heavy atom. The topological polar surface area (TPSA) is 140 Å². The number of nitrogens with one attached hydrogen (secondary N) is 1. The number of nitrogens with zero attached hydrogens (tertiary/aromatic N) is 3. The van der Waals surface area contributed by atoms with Gasteiger partial charge < -0.3 is 9.47 Å². The number of nitro groups is 1. The average Bonchev–Trinajstić information content (AvgIpc) is 2.87. The van der Waals surface area contributed by atoms with Gasteiger partial charge in [-0.05, 0) is 36.4 Å². The summed E-state index contributed by atoms with van der Waals surface area (Å²) in [6.07, 6.45) is 1.20. The van der Waals surface area contributed by atoms with Crippen LogP contribution in [0.4, 0.5) is 11.4 Å². The van der Waals surface area contributed by atoms with Crippen molar-refractivity contribution in [1.82, 2.24) is 5.43 Å². The number of benzene rings is 3. The summed E-state index contributed by atoms with van der Waals surface area (Å²) < 4.78 is 37.9. The minimum atomic E-state index is -4.13. The van der Waals surface area contributed by atoms with E-state index >= 15 is 0 Å². The van der Waals surface area contributed by atoms with E-state index in [9.17, 15) is 23.3 Å². The number of ether oxygens (including phenoxy) is 2. The lowest BCUT2D eigenvalue weighted by atomic mass is 10.2. The third-order valence-corrected chi connectivity index (χ3v) is 6.55. The third-order valence-electron chi connectivity index (χ3n) is 4.77. The van der Waals surface area contributed by atoms with Gasteiger partial charge in [-0.1, -0.05) is 30.3 Å². The fourth-order valence-electron chi connectivity index (χ4n) is 3.13. The van der Waals surface area contributed by atoms with Crippen LogP contribution in [0, 0.1) is 10.1 Å². The molecule has 0 aromatic heterocycles. The number of hydrogen-bond acceptors (Lipinski definition) is 8. The van der Waals surface area contributed by atoms with E-state index in [0.717, 1.165) is 4.31 Å². The Kier molecular flexibility index (Phi) is 8.00. The number of sulfonamides is 1. The second-order valence-corrected chi connectivity index (χ2v) is 8.84. The molecule has 0 fully saturated rings. The van der Waals surface area contributed by atoms with Gasteiger partial charge in [0.25, 0.3) is 15.9 Å². The number of rotatable bonds is 10. The van der Waals surface area contributed by atoms with Crippen molar-refractivity contribution in [3.8, 4) is 11.5 Å². The third kappa shape index (κ3) is 5.92. The Morgan fingerprint density at radius 2 is 1.69 bits per heavy atom. The predicted octanol–water partition coefficient (Wildman–Crippen LogP) is 2.96. The molecule has 3 aromatic rings. The molecular weight excluding hydrogens is 476 g/mol. The average molecular weight is 499 g/mol. The Labute approximate surface area is 201 Å². The molecule has 12 heteroatoms. The predicted molar refractivity (Wildman–Crippen MR) is 129 cm³/mol. The van der Waals surface area contributed by atoms with Gasteiger partial charge in [-0.25, -0.2) is 13.8 Å². The lowest BCUT2D eigenvalue weighted by molar-refractivity contribution is -0.385. The number of hydrogen-bond donors (Lipinski definition) is 1. The maximum atomic E-state index is 13.4. The summed E-state index contributed by atoms with van der Waals surface area (Å²) in [6.45, 7) is -0.600. The van der Waals surface area contributed by atoms with Crippen LogP contribution in [-0.2, 0) is 14.8 Å². The largest absolute Gasteiger partial charge is 0.495 e. The molecule has 3 aromatic carbocycles. The van der Waals surface area contributed by atoms with Gasteiger partial charge >= 0.3 is 5.69 Å². The molecule has 0 aliphatic heterocycles. The first kappa shape index (κ1) is 25.2. The number of anilines is 1. The molecule has 11 nitrogen and oxygen atoms in total. The van der Waals surface area contributed by atoms with E-state index in [2.05, 4.69) is 10.5 Å². The smallest absolute Gasteiger partial charge is 0.311 e. The van der Waals surface area contributed by atoms with E-state index in [1.54, 1.807) is 36.4 Å². The molecule has 3 rings (SSSR count). The van der Waals surface area contributed by atoms with Crippen molar-refractivity contribution in [2.75, 3.05) is 25.1 Å². The summed E-state index contributed by atoms with van der Waals surface area (Å²) in [6, 6.07) is 18.2. The van der Waals surface area contributed by atoms with Gasteiger partial charge in [0.05, 0.1) is 35.9 Å². The summed E-state index contributed by atoms with van der Waals surface area (Å²) in [5.41, 5.74) is 2.49. The standard InChI is InChI=1S/C23H22N4O7S/c1-33-21-11-7-6-10-19(21)26(35(31,32)18-8-4-3-5-9-18)16-23(28)25-24-15-17-12-13-22(34-2)20(14-17)27(29)30/h3-15H,16H2,1-2H3,(H,25,28). The maximum absolute atomic E-state index is 13.4. The SMILES string of the molecule is COc1ccccc1N(CC(=O)NN=Cc1ccc(OC)c([N+](=O)[O-])c1)S(=O)(=O)c1ccccc1. The fraction of sp³-hybridized carbons (Fsp3) is 0.130. The van der Waals surface area contributed by atoms with Crippen molar-refractivity contribution in [2.24, 2.45) is 5.10 Å². The number of carbonyl (C=O) groups excluding carboxylic acids is 1. The van der Waals surface area contributed by atoms with Gasteiger partial charge in [-0.2, -0.15) is 5.10 Å². The molecule has 0 unspecified atom stereocenters. The lowest BCUT2D eigenvalue weighted by Gasteiger charge is -2.25. The number of methoxy groups -OCH3 is 2. The highest BCUT2D eigenvalue weighted by atomic mass is 32.2. The van der Waals surface area contributed by atoms with Crippen LogP contribution in [0.3, 0.4) is 0 Å². The molecule has 0 spiro atoms. The van der Waals surface area contributed by atoms with Crippen molar-refractivity contribution >= 4 is 33.5 Å². The minimum absolute atomic E-state index is 0.00671. The zero-order valence-electron chi connectivity index (χ0n) is 18.8. The van der Waals surface area contributed by atoms with Crippen LogP contribution in [0.15, 0.2) is 82.8 Å². The van der Waals surface area contributed by atoms with Crippen LogP contribution in [0.25, 0.3) is 0 Å². The van der Waals surface area contributed by atoms with Gasteiger partial charge in [-0.3, -0.25) is 19.2 Å². The molecule has 0 heterocycles. The summed E-state index contributed by atoms with van der Waals surface area (Å²) in [5, 5.41) is 15.0. The highest BCUT2D eigenvalue weighted by Gasteiger charge is 2.29. The minimum Gasteiger partial charge on any atom is -0.495 e. The molecule has 1 amide bonds. The van der Waals surface area contributed by atoms with E-state index < -0.39 is 27.4 Å². The molecule has 0 atom stereocenters. The summed E-state index contributed by atoms with van der Waals surface area (Å²) in [4.78, 5) is 23.2. The molecule has 182 valence electrons. The highest BCUT2D eigenvalue weighted by molar-refractivity contribution is 7.92. The van der Waals surface area contributed by atoms with Gasteiger partial charge in [0.15, 0.2) is 5.75 Å². The van der Waals surface area contributed by atoms with Crippen molar-refractivity contribution in [2.45, 2.75) is 4.90 Å². The van der Waals surface area contributed by atoms with E-state index in [1.807, 2.05) is 0 Å². The lowest BCUT2D eigenvalue weighted by Crippen LogP contribution is -2.39. The first-order chi connectivity index (χ1) is 16.8. The Morgan fingerprint density at radius 3 is 2.34 bits per heavy atom. The molecule has 35 heavy (non-hydrogen) atoms. The normalized spacial score (nSPS) is 11.1. The first-order valence-corrected chi connectivity index (χ1v) is 11.6. The number of carbonyl (C=O) groups is 1. The van der Waals surface area contributed by atoms with Crippen molar-refractivity contribution in [1.29, 1.82) is 0 Å². The quantitative estimate of drug-likeness (QED) is 0.257. The monoisotopic (exact) mass is 498 g/mol. The number of nitro benzene ring substituents is 1. The molecule has 0 radical (unpaired) electrons. The van der Waals surface area contributed by atoms with Gasteiger partial charge in [0.1, 0.15) is 12.3 Å². The van der Waals surface area contributed by atoms with Crippen molar-refractivity contribution in [3.05, 3.63) is 88.5 Å². The molecule has 0 saturated carbocycles. The van der Waals surface area contributed by atoms with Crippen molar-refractivity contribution in [3.63, 3.8) is 0 Å². The Balaban J connectivity index is 1.85. The fourth-order valence-corrected chi connectivity index (χ4v) is 4.58. The van der Waals surface area contributed by atoms with Gasteiger partial charge in [0, 0.05) is 11.6 Å². The molecular formula is C23H22N4O7S. The second kappa shape index (κ2) is 11.1. The Hall–Kier alpha value is -4.45. The zero-order valence-corrected chi connectivity index (χ0v) is 19.6. The summed E-state index contributed by atoms with van der Waals surface area (Å²) in [5.74, 6) is -0.404. The van der Waals surface area contributed by atoms with Crippen LogP contribution in [-0.4, -0.2) is 46.2 Å². The highest BCUT2D eigenvalue weighted by Crippen LogP contribution is 2.32. The molecule has 1 N–H and O–H groups in total. The van der Waals surface area contributed by atoms with E-state index in [4.69, 9.17) is 9.47 Å². The number of amides is 1. The molecule has 0 bridgehead atoms. The second-order valence-electron chi connectivity index (χ2n) is 6.98. The van der Waals surface area contributed by atoms with Crippen LogP contribution in [0.1, 0.15) is 5.56 Å². The number of hydrazone groups is 1.